The SMILES string of the molecule is CCn1ncc(NC(=O)c2c(Br)cnn2C)c1C(=O)N1CCOCC1. The van der Waals surface area contributed by atoms with Crippen molar-refractivity contribution >= 4 is 33.4 Å². The Morgan fingerprint density at radius 2 is 1.96 bits per heavy atom. The first-order valence-corrected chi connectivity index (χ1v) is 8.74. The van der Waals surface area contributed by atoms with Crippen LogP contribution in [0.1, 0.15) is 27.9 Å². The molecule has 134 valence electrons. The molecule has 1 aliphatic rings. The standard InChI is InChI=1S/C15H19BrN6O3/c1-3-22-13(15(24)21-4-6-25-7-5-21)11(9-18-22)19-14(23)12-10(16)8-17-20(12)2/h8-9H,3-7H2,1-2H3,(H,19,23). The highest BCUT2D eigenvalue weighted by atomic mass is 79.9. The molecule has 0 spiro atoms. The Hall–Kier alpha value is -2.20. The highest BCUT2D eigenvalue weighted by Gasteiger charge is 2.27. The Balaban J connectivity index is 1.88. The molecular weight excluding hydrogens is 392 g/mol. The maximum Gasteiger partial charge on any atom is 0.275 e. The number of hydrogen-bond acceptors (Lipinski definition) is 5. The molecule has 3 heterocycles. The third-order valence-electron chi connectivity index (χ3n) is 4.00. The van der Waals surface area contributed by atoms with Gasteiger partial charge in [-0.15, -0.1) is 0 Å². The van der Waals surface area contributed by atoms with E-state index in [4.69, 9.17) is 4.74 Å². The maximum absolute atomic E-state index is 12.9. The average Bonchev–Trinajstić information content (AvgIpc) is 3.17. The van der Waals surface area contributed by atoms with Crippen LogP contribution in [0.5, 0.6) is 0 Å². The number of carbonyl (C=O) groups is 2. The van der Waals surface area contributed by atoms with Crippen LogP contribution in [0.25, 0.3) is 0 Å². The molecule has 0 saturated carbocycles. The van der Waals surface area contributed by atoms with E-state index in [1.54, 1.807) is 22.8 Å². The molecule has 1 N–H and O–H groups in total. The lowest BCUT2D eigenvalue weighted by atomic mass is 10.2. The van der Waals surface area contributed by atoms with E-state index >= 15 is 0 Å². The topological polar surface area (TPSA) is 94.3 Å². The molecule has 0 aliphatic carbocycles. The Morgan fingerprint density at radius 1 is 1.24 bits per heavy atom. The second-order valence-electron chi connectivity index (χ2n) is 5.55. The molecule has 3 rings (SSSR count). The number of hydrogen-bond donors (Lipinski definition) is 1. The minimum atomic E-state index is -0.362. The van der Waals surface area contributed by atoms with Crippen LogP contribution in [0.15, 0.2) is 16.9 Å². The normalized spacial score (nSPS) is 14.6. The van der Waals surface area contributed by atoms with Crippen molar-refractivity contribution < 1.29 is 14.3 Å². The smallest absolute Gasteiger partial charge is 0.275 e. The zero-order valence-electron chi connectivity index (χ0n) is 14.0. The van der Waals surface area contributed by atoms with Gasteiger partial charge in [0.15, 0.2) is 0 Å². The molecule has 2 aromatic rings. The minimum absolute atomic E-state index is 0.165. The first-order valence-electron chi connectivity index (χ1n) is 7.94. The number of amides is 2. The Labute approximate surface area is 153 Å². The summed E-state index contributed by atoms with van der Waals surface area (Å²) in [6, 6.07) is 0. The van der Waals surface area contributed by atoms with Crippen molar-refractivity contribution in [2.75, 3.05) is 31.6 Å². The quantitative estimate of drug-likeness (QED) is 0.814. The van der Waals surface area contributed by atoms with E-state index in [0.29, 0.717) is 54.4 Å². The first kappa shape index (κ1) is 17.6. The average molecular weight is 411 g/mol. The van der Waals surface area contributed by atoms with Gasteiger partial charge in [-0.25, -0.2) is 0 Å². The van der Waals surface area contributed by atoms with Crippen molar-refractivity contribution in [3.8, 4) is 0 Å². The van der Waals surface area contributed by atoms with E-state index in [-0.39, 0.29) is 11.8 Å². The Kier molecular flexibility index (Phi) is 5.19. The van der Waals surface area contributed by atoms with Crippen molar-refractivity contribution in [2.24, 2.45) is 7.05 Å². The van der Waals surface area contributed by atoms with Gasteiger partial charge in [0, 0.05) is 26.7 Å². The predicted molar refractivity (Wildman–Crippen MR) is 93.5 cm³/mol. The molecule has 0 radical (unpaired) electrons. The summed E-state index contributed by atoms with van der Waals surface area (Å²) in [4.78, 5) is 27.2. The van der Waals surface area contributed by atoms with Gasteiger partial charge in [-0.1, -0.05) is 0 Å². The summed E-state index contributed by atoms with van der Waals surface area (Å²) < 4.78 is 8.93. The molecule has 1 aliphatic heterocycles. The molecule has 1 fully saturated rings. The fourth-order valence-electron chi connectivity index (χ4n) is 2.71. The summed E-state index contributed by atoms with van der Waals surface area (Å²) in [6.45, 7) is 4.48. The summed E-state index contributed by atoms with van der Waals surface area (Å²) in [5.41, 5.74) is 1.13. The number of anilines is 1. The van der Waals surface area contributed by atoms with Crippen LogP contribution in [0.2, 0.25) is 0 Å². The Morgan fingerprint density at radius 3 is 2.56 bits per heavy atom. The molecule has 9 nitrogen and oxygen atoms in total. The van der Waals surface area contributed by atoms with E-state index in [2.05, 4.69) is 31.4 Å². The number of aryl methyl sites for hydroxylation is 2. The molecule has 0 bridgehead atoms. The lowest BCUT2D eigenvalue weighted by Gasteiger charge is -2.27. The van der Waals surface area contributed by atoms with E-state index < -0.39 is 0 Å². The van der Waals surface area contributed by atoms with Gasteiger partial charge in [-0.3, -0.25) is 19.0 Å². The minimum Gasteiger partial charge on any atom is -0.378 e. The zero-order valence-corrected chi connectivity index (χ0v) is 15.6. The lowest BCUT2D eigenvalue weighted by molar-refractivity contribution is 0.0295. The highest BCUT2D eigenvalue weighted by Crippen LogP contribution is 2.21. The molecule has 2 amide bonds. The van der Waals surface area contributed by atoms with Crippen LogP contribution in [0.3, 0.4) is 0 Å². The number of halogens is 1. The molecule has 2 aromatic heterocycles. The number of aromatic nitrogens is 4. The zero-order chi connectivity index (χ0) is 18.0. The van der Waals surface area contributed by atoms with Crippen LogP contribution in [-0.2, 0) is 18.3 Å². The van der Waals surface area contributed by atoms with Crippen LogP contribution < -0.4 is 5.32 Å². The molecule has 0 atom stereocenters. The molecule has 0 unspecified atom stereocenters. The Bertz CT molecular complexity index is 774. The summed E-state index contributed by atoms with van der Waals surface area (Å²) in [5.74, 6) is -0.527. The number of carbonyl (C=O) groups excluding carboxylic acids is 2. The van der Waals surface area contributed by atoms with Gasteiger partial charge in [0.25, 0.3) is 11.8 Å². The number of nitrogens with zero attached hydrogens (tertiary/aromatic N) is 5. The summed E-state index contributed by atoms with van der Waals surface area (Å²) in [7, 11) is 1.68. The first-order chi connectivity index (χ1) is 12.0. The summed E-state index contributed by atoms with van der Waals surface area (Å²) in [6.07, 6.45) is 3.05. The predicted octanol–water partition coefficient (Wildman–Crippen LogP) is 1.12. The van der Waals surface area contributed by atoms with Gasteiger partial charge >= 0.3 is 0 Å². The van der Waals surface area contributed by atoms with Crippen molar-refractivity contribution in [2.45, 2.75) is 13.5 Å². The van der Waals surface area contributed by atoms with Gasteiger partial charge in [0.05, 0.1) is 35.8 Å². The van der Waals surface area contributed by atoms with Gasteiger partial charge in [-0.2, -0.15) is 10.2 Å². The van der Waals surface area contributed by atoms with E-state index in [9.17, 15) is 9.59 Å². The van der Waals surface area contributed by atoms with Gasteiger partial charge in [0.1, 0.15) is 11.4 Å². The maximum atomic E-state index is 12.9. The molecule has 10 heteroatoms. The molecule has 1 saturated heterocycles. The van der Waals surface area contributed by atoms with Gasteiger partial charge in [0.2, 0.25) is 0 Å². The van der Waals surface area contributed by atoms with Gasteiger partial charge < -0.3 is 15.0 Å². The van der Waals surface area contributed by atoms with Crippen LogP contribution in [-0.4, -0.2) is 62.6 Å². The third-order valence-corrected chi connectivity index (χ3v) is 4.58. The second-order valence-corrected chi connectivity index (χ2v) is 6.40. The van der Waals surface area contributed by atoms with Crippen molar-refractivity contribution in [1.82, 2.24) is 24.5 Å². The summed E-state index contributed by atoms with van der Waals surface area (Å²) in [5, 5.41) is 11.0. The van der Waals surface area contributed by atoms with E-state index in [0.717, 1.165) is 0 Å². The van der Waals surface area contributed by atoms with Crippen molar-refractivity contribution in [3.05, 3.63) is 28.3 Å². The molecular formula is C15H19BrN6O3. The number of nitrogens with one attached hydrogen (secondary N) is 1. The highest BCUT2D eigenvalue weighted by molar-refractivity contribution is 9.10. The fourth-order valence-corrected chi connectivity index (χ4v) is 3.23. The van der Waals surface area contributed by atoms with Crippen LogP contribution >= 0.6 is 15.9 Å². The number of rotatable bonds is 4. The molecule has 0 aromatic carbocycles. The van der Waals surface area contributed by atoms with E-state index in [1.165, 1.54) is 10.9 Å². The number of ether oxygens (including phenoxy) is 1. The fraction of sp³-hybridized carbons (Fsp3) is 0.467. The van der Waals surface area contributed by atoms with Crippen LogP contribution in [0, 0.1) is 0 Å². The lowest BCUT2D eigenvalue weighted by Crippen LogP contribution is -2.41. The van der Waals surface area contributed by atoms with Crippen molar-refractivity contribution in [3.63, 3.8) is 0 Å². The molecule has 25 heavy (non-hydrogen) atoms. The summed E-state index contributed by atoms with van der Waals surface area (Å²) >= 11 is 3.31. The van der Waals surface area contributed by atoms with Gasteiger partial charge in [-0.05, 0) is 22.9 Å². The second kappa shape index (κ2) is 7.36. The monoisotopic (exact) mass is 410 g/mol. The van der Waals surface area contributed by atoms with Crippen molar-refractivity contribution in [1.29, 1.82) is 0 Å². The van der Waals surface area contributed by atoms with Crippen LogP contribution in [0.4, 0.5) is 5.69 Å². The van der Waals surface area contributed by atoms with E-state index in [1.807, 2.05) is 6.92 Å². The third kappa shape index (κ3) is 3.45. The largest absolute Gasteiger partial charge is 0.378 e. The number of morpholine rings is 1.